The Morgan fingerprint density at radius 2 is 2.20 bits per heavy atom. The lowest BCUT2D eigenvalue weighted by Gasteiger charge is -2.22. The number of hydrogen-bond acceptors (Lipinski definition) is 3. The largest absolute Gasteiger partial charge is 0.397 e. The zero-order valence-electron chi connectivity index (χ0n) is 9.53. The molecule has 0 bridgehead atoms. The quantitative estimate of drug-likeness (QED) is 0.752. The minimum absolute atomic E-state index is 0.920. The van der Waals surface area contributed by atoms with Gasteiger partial charge in [-0.2, -0.15) is 0 Å². The fourth-order valence-electron chi connectivity index (χ4n) is 2.11. The SMILES string of the molecule is CN(C)CCN1CCc2cccc(N)c21. The van der Waals surface area contributed by atoms with E-state index in [0.717, 1.165) is 31.7 Å². The number of hydrogen-bond donors (Lipinski definition) is 1. The molecule has 82 valence electrons. The molecule has 0 atom stereocenters. The fraction of sp³-hybridized carbons (Fsp3) is 0.500. The number of nitrogen functional groups attached to an aromatic ring is 1. The van der Waals surface area contributed by atoms with Crippen LogP contribution >= 0.6 is 0 Å². The maximum atomic E-state index is 6.01. The molecule has 2 N–H and O–H groups in total. The van der Waals surface area contributed by atoms with Gasteiger partial charge in [0.1, 0.15) is 0 Å². The van der Waals surface area contributed by atoms with Crippen LogP contribution in [0.15, 0.2) is 18.2 Å². The lowest BCUT2D eigenvalue weighted by Crippen LogP contribution is -2.30. The normalized spacial score (nSPS) is 14.7. The predicted octanol–water partition coefficient (Wildman–Crippen LogP) is 1.19. The average molecular weight is 205 g/mol. The summed E-state index contributed by atoms with van der Waals surface area (Å²) in [6.45, 7) is 3.25. The molecule has 0 aliphatic carbocycles. The molecule has 3 heteroatoms. The molecule has 0 radical (unpaired) electrons. The van der Waals surface area contributed by atoms with Gasteiger partial charge in [0.2, 0.25) is 0 Å². The van der Waals surface area contributed by atoms with Crippen molar-refractivity contribution in [2.45, 2.75) is 6.42 Å². The second-order valence-electron chi connectivity index (χ2n) is 4.40. The summed E-state index contributed by atoms with van der Waals surface area (Å²) in [6, 6.07) is 6.22. The van der Waals surface area contributed by atoms with Crippen molar-refractivity contribution in [3.63, 3.8) is 0 Å². The summed E-state index contributed by atoms with van der Waals surface area (Å²) in [5.41, 5.74) is 9.59. The Bertz CT molecular complexity index is 347. The first-order valence-corrected chi connectivity index (χ1v) is 5.45. The van der Waals surface area contributed by atoms with E-state index in [1.165, 1.54) is 11.3 Å². The van der Waals surface area contributed by atoms with Gasteiger partial charge in [-0.1, -0.05) is 12.1 Å². The first-order chi connectivity index (χ1) is 7.18. The molecule has 1 aromatic carbocycles. The van der Waals surface area contributed by atoms with Crippen molar-refractivity contribution in [2.24, 2.45) is 0 Å². The summed E-state index contributed by atoms with van der Waals surface area (Å²) in [5, 5.41) is 0. The number of nitrogens with zero attached hydrogens (tertiary/aromatic N) is 2. The zero-order valence-corrected chi connectivity index (χ0v) is 9.53. The summed E-state index contributed by atoms with van der Waals surface area (Å²) in [7, 11) is 4.21. The molecule has 0 saturated carbocycles. The van der Waals surface area contributed by atoms with Gasteiger partial charge in [-0.25, -0.2) is 0 Å². The van der Waals surface area contributed by atoms with Gasteiger partial charge in [-0.3, -0.25) is 0 Å². The molecule has 1 aliphatic rings. The highest BCUT2D eigenvalue weighted by Crippen LogP contribution is 2.33. The van der Waals surface area contributed by atoms with E-state index in [-0.39, 0.29) is 0 Å². The number of para-hydroxylation sites is 1. The second-order valence-corrected chi connectivity index (χ2v) is 4.40. The molecule has 15 heavy (non-hydrogen) atoms. The molecule has 0 aromatic heterocycles. The third-order valence-electron chi connectivity index (χ3n) is 2.94. The number of fused-ring (bicyclic) bond motifs is 1. The average Bonchev–Trinajstić information content (AvgIpc) is 2.59. The highest BCUT2D eigenvalue weighted by atomic mass is 15.2. The summed E-state index contributed by atoms with van der Waals surface area (Å²) < 4.78 is 0. The van der Waals surface area contributed by atoms with Gasteiger partial charge in [-0.05, 0) is 32.1 Å². The molecule has 1 aromatic rings. The van der Waals surface area contributed by atoms with Crippen LogP contribution in [-0.2, 0) is 6.42 Å². The maximum Gasteiger partial charge on any atom is 0.0633 e. The van der Waals surface area contributed by atoms with Crippen LogP contribution in [0.1, 0.15) is 5.56 Å². The molecule has 0 spiro atoms. The van der Waals surface area contributed by atoms with Crippen LogP contribution in [-0.4, -0.2) is 38.6 Å². The molecule has 3 nitrogen and oxygen atoms in total. The highest BCUT2D eigenvalue weighted by molar-refractivity contribution is 5.74. The van der Waals surface area contributed by atoms with Crippen LogP contribution in [0.5, 0.6) is 0 Å². The van der Waals surface area contributed by atoms with Crippen LogP contribution in [0.4, 0.5) is 11.4 Å². The minimum atomic E-state index is 0.920. The monoisotopic (exact) mass is 205 g/mol. The topological polar surface area (TPSA) is 32.5 Å². The Morgan fingerprint density at radius 3 is 2.93 bits per heavy atom. The van der Waals surface area contributed by atoms with Crippen LogP contribution in [0, 0.1) is 0 Å². The molecule has 0 fully saturated rings. The standard InChI is InChI=1S/C12H19N3/c1-14(2)8-9-15-7-6-10-4-3-5-11(13)12(10)15/h3-5H,6-9,13H2,1-2H3. The first kappa shape index (κ1) is 10.3. The summed E-state index contributed by atoms with van der Waals surface area (Å²) >= 11 is 0. The van der Waals surface area contributed by atoms with Gasteiger partial charge in [0, 0.05) is 19.6 Å². The van der Waals surface area contributed by atoms with E-state index in [1.807, 2.05) is 12.1 Å². The van der Waals surface area contributed by atoms with Crippen molar-refractivity contribution in [3.05, 3.63) is 23.8 Å². The Morgan fingerprint density at radius 1 is 1.40 bits per heavy atom. The number of rotatable bonds is 3. The molecule has 2 rings (SSSR count). The van der Waals surface area contributed by atoms with Crippen molar-refractivity contribution in [2.75, 3.05) is 44.4 Å². The summed E-state index contributed by atoms with van der Waals surface area (Å²) in [6.07, 6.45) is 1.13. The molecule has 0 unspecified atom stereocenters. The third-order valence-corrected chi connectivity index (χ3v) is 2.94. The smallest absolute Gasteiger partial charge is 0.0633 e. The van der Waals surface area contributed by atoms with Crippen molar-refractivity contribution in [1.29, 1.82) is 0 Å². The molecule has 0 saturated heterocycles. The molecule has 0 amide bonds. The Labute approximate surface area is 91.5 Å². The van der Waals surface area contributed by atoms with Crippen molar-refractivity contribution in [1.82, 2.24) is 4.90 Å². The van der Waals surface area contributed by atoms with E-state index >= 15 is 0 Å². The van der Waals surface area contributed by atoms with Gasteiger partial charge < -0.3 is 15.5 Å². The van der Waals surface area contributed by atoms with Crippen molar-refractivity contribution < 1.29 is 0 Å². The van der Waals surface area contributed by atoms with Crippen LogP contribution < -0.4 is 10.6 Å². The van der Waals surface area contributed by atoms with Crippen LogP contribution in [0.25, 0.3) is 0 Å². The van der Waals surface area contributed by atoms with E-state index in [2.05, 4.69) is 30.0 Å². The molecular formula is C12H19N3. The molecule has 1 heterocycles. The second kappa shape index (κ2) is 4.11. The summed E-state index contributed by atoms with van der Waals surface area (Å²) in [4.78, 5) is 4.60. The number of likely N-dealkylation sites (N-methyl/N-ethyl adjacent to an activating group) is 1. The predicted molar refractivity (Wildman–Crippen MR) is 65.3 cm³/mol. The van der Waals surface area contributed by atoms with E-state index < -0.39 is 0 Å². The van der Waals surface area contributed by atoms with Gasteiger partial charge in [0.25, 0.3) is 0 Å². The van der Waals surface area contributed by atoms with Gasteiger partial charge in [-0.15, -0.1) is 0 Å². The van der Waals surface area contributed by atoms with E-state index in [9.17, 15) is 0 Å². The van der Waals surface area contributed by atoms with E-state index in [1.54, 1.807) is 0 Å². The zero-order chi connectivity index (χ0) is 10.8. The Kier molecular flexibility index (Phi) is 2.82. The van der Waals surface area contributed by atoms with Crippen LogP contribution in [0.2, 0.25) is 0 Å². The van der Waals surface area contributed by atoms with Crippen LogP contribution in [0.3, 0.4) is 0 Å². The lowest BCUT2D eigenvalue weighted by atomic mass is 10.1. The molecular weight excluding hydrogens is 186 g/mol. The van der Waals surface area contributed by atoms with Gasteiger partial charge in [0.15, 0.2) is 0 Å². The first-order valence-electron chi connectivity index (χ1n) is 5.45. The summed E-state index contributed by atoms with van der Waals surface area (Å²) in [5.74, 6) is 0. The molecule has 1 aliphatic heterocycles. The Balaban J connectivity index is 2.13. The highest BCUT2D eigenvalue weighted by Gasteiger charge is 2.20. The fourth-order valence-corrected chi connectivity index (χ4v) is 2.11. The maximum absolute atomic E-state index is 6.01. The number of benzene rings is 1. The van der Waals surface area contributed by atoms with E-state index in [4.69, 9.17) is 5.73 Å². The minimum Gasteiger partial charge on any atom is -0.397 e. The number of anilines is 2. The van der Waals surface area contributed by atoms with Gasteiger partial charge >= 0.3 is 0 Å². The van der Waals surface area contributed by atoms with E-state index in [0.29, 0.717) is 0 Å². The Hall–Kier alpha value is -1.22. The van der Waals surface area contributed by atoms with Crippen molar-refractivity contribution >= 4 is 11.4 Å². The third kappa shape index (κ3) is 2.07. The van der Waals surface area contributed by atoms with Gasteiger partial charge in [0.05, 0.1) is 11.4 Å². The van der Waals surface area contributed by atoms with Crippen molar-refractivity contribution in [3.8, 4) is 0 Å². The number of nitrogens with two attached hydrogens (primary N) is 1. The lowest BCUT2D eigenvalue weighted by molar-refractivity contribution is 0.414.